The first-order chi connectivity index (χ1) is 11.6. The highest BCUT2D eigenvalue weighted by molar-refractivity contribution is 6.30. The normalized spacial score (nSPS) is 10.4. The van der Waals surface area contributed by atoms with Crippen LogP contribution >= 0.6 is 11.6 Å². The van der Waals surface area contributed by atoms with E-state index in [4.69, 9.17) is 11.6 Å². The van der Waals surface area contributed by atoms with E-state index >= 15 is 0 Å². The molecule has 24 heavy (non-hydrogen) atoms. The van der Waals surface area contributed by atoms with Crippen molar-refractivity contribution in [1.29, 1.82) is 0 Å². The Morgan fingerprint density at radius 3 is 2.42 bits per heavy atom. The maximum atomic E-state index is 12.4. The zero-order valence-corrected chi connectivity index (χ0v) is 13.5. The zero-order chi connectivity index (χ0) is 16.9. The molecule has 0 atom stereocenters. The maximum absolute atomic E-state index is 12.4. The van der Waals surface area contributed by atoms with E-state index in [1.54, 1.807) is 30.5 Å². The first-order valence-electron chi connectivity index (χ1n) is 7.40. The fraction of sp³-hybridized carbons (Fsp3) is 0.0526. The van der Waals surface area contributed by atoms with Gasteiger partial charge in [-0.2, -0.15) is 0 Å². The van der Waals surface area contributed by atoms with Gasteiger partial charge in [0.05, 0.1) is 6.54 Å². The summed E-state index contributed by atoms with van der Waals surface area (Å²) < 4.78 is 0. The van der Waals surface area contributed by atoms with Crippen molar-refractivity contribution in [3.63, 3.8) is 0 Å². The Balaban J connectivity index is 1.80. The maximum Gasteiger partial charge on any atom is 0.296 e. The fourth-order valence-corrected chi connectivity index (χ4v) is 2.46. The van der Waals surface area contributed by atoms with Crippen LogP contribution in [0.3, 0.4) is 0 Å². The lowest BCUT2D eigenvalue weighted by Gasteiger charge is -2.15. The number of hydroxylamine groups is 2. The Hall–Kier alpha value is -2.69. The van der Waals surface area contributed by atoms with Gasteiger partial charge in [-0.1, -0.05) is 54.1 Å². The van der Waals surface area contributed by atoms with Gasteiger partial charge in [0.1, 0.15) is 5.69 Å². The predicted molar refractivity (Wildman–Crippen MR) is 92.8 cm³/mol. The topological polar surface area (TPSA) is 53.4 Å². The van der Waals surface area contributed by atoms with E-state index in [9.17, 15) is 10.0 Å². The van der Waals surface area contributed by atoms with Gasteiger partial charge in [0, 0.05) is 11.2 Å². The van der Waals surface area contributed by atoms with Crippen molar-refractivity contribution in [2.75, 3.05) is 0 Å². The van der Waals surface area contributed by atoms with Gasteiger partial charge in [-0.15, -0.1) is 0 Å². The molecular weight excluding hydrogens is 324 g/mol. The molecule has 0 saturated carbocycles. The highest BCUT2D eigenvalue weighted by Gasteiger charge is 2.16. The van der Waals surface area contributed by atoms with E-state index in [-0.39, 0.29) is 12.2 Å². The van der Waals surface area contributed by atoms with Crippen molar-refractivity contribution in [2.24, 2.45) is 0 Å². The predicted octanol–water partition coefficient (Wildman–Crippen LogP) is 4.43. The minimum Gasteiger partial charge on any atom is -0.285 e. The molecule has 1 heterocycles. The third-order valence-electron chi connectivity index (χ3n) is 3.57. The molecule has 0 aliphatic rings. The third kappa shape index (κ3) is 3.79. The van der Waals surface area contributed by atoms with Crippen LogP contribution in [-0.4, -0.2) is 21.2 Å². The molecular formula is C19H15ClN2O2. The summed E-state index contributed by atoms with van der Waals surface area (Å²) in [5.74, 6) is -0.547. The molecule has 0 aliphatic heterocycles. The van der Waals surface area contributed by atoms with Crippen LogP contribution in [0.25, 0.3) is 11.1 Å². The Bertz CT molecular complexity index is 836. The number of pyridine rings is 1. The van der Waals surface area contributed by atoms with E-state index in [0.717, 1.165) is 16.7 Å². The molecule has 0 unspecified atom stereocenters. The second-order valence-electron chi connectivity index (χ2n) is 5.29. The molecule has 0 saturated heterocycles. The van der Waals surface area contributed by atoms with Crippen LogP contribution in [0.15, 0.2) is 72.9 Å². The van der Waals surface area contributed by atoms with Gasteiger partial charge in [0.25, 0.3) is 5.91 Å². The van der Waals surface area contributed by atoms with Crippen molar-refractivity contribution in [3.8, 4) is 11.1 Å². The number of amides is 1. The Morgan fingerprint density at radius 2 is 1.71 bits per heavy atom. The monoisotopic (exact) mass is 338 g/mol. The molecule has 0 spiro atoms. The molecule has 4 nitrogen and oxygen atoms in total. The lowest BCUT2D eigenvalue weighted by atomic mass is 10.1. The second-order valence-corrected chi connectivity index (χ2v) is 5.72. The summed E-state index contributed by atoms with van der Waals surface area (Å²) in [5.41, 5.74) is 2.77. The zero-order valence-electron chi connectivity index (χ0n) is 12.8. The van der Waals surface area contributed by atoms with E-state index in [1.807, 2.05) is 42.5 Å². The summed E-state index contributed by atoms with van der Waals surface area (Å²) >= 11 is 5.89. The smallest absolute Gasteiger partial charge is 0.285 e. The summed E-state index contributed by atoms with van der Waals surface area (Å²) in [4.78, 5) is 16.4. The summed E-state index contributed by atoms with van der Waals surface area (Å²) in [6, 6.07) is 20.0. The van der Waals surface area contributed by atoms with Crippen molar-refractivity contribution in [3.05, 3.63) is 89.2 Å². The van der Waals surface area contributed by atoms with Crippen LogP contribution in [0.5, 0.6) is 0 Å². The number of aromatic nitrogens is 1. The minimum atomic E-state index is -0.547. The summed E-state index contributed by atoms with van der Waals surface area (Å²) in [7, 11) is 0. The van der Waals surface area contributed by atoms with Crippen LogP contribution in [-0.2, 0) is 6.54 Å². The van der Waals surface area contributed by atoms with Gasteiger partial charge in [0.2, 0.25) is 0 Å². The number of hydrogen-bond donors (Lipinski definition) is 1. The van der Waals surface area contributed by atoms with Crippen LogP contribution in [0.2, 0.25) is 5.02 Å². The lowest BCUT2D eigenvalue weighted by Crippen LogP contribution is -2.27. The number of carbonyl (C=O) groups is 1. The molecule has 0 bridgehead atoms. The molecule has 0 fully saturated rings. The van der Waals surface area contributed by atoms with Crippen molar-refractivity contribution in [2.45, 2.75) is 6.54 Å². The van der Waals surface area contributed by atoms with Gasteiger partial charge < -0.3 is 0 Å². The third-order valence-corrected chi connectivity index (χ3v) is 3.82. The van der Waals surface area contributed by atoms with E-state index < -0.39 is 5.91 Å². The van der Waals surface area contributed by atoms with E-state index in [0.29, 0.717) is 10.1 Å². The first-order valence-corrected chi connectivity index (χ1v) is 7.78. The van der Waals surface area contributed by atoms with Gasteiger partial charge in [-0.25, -0.2) is 5.06 Å². The highest BCUT2D eigenvalue weighted by atomic mass is 35.5. The van der Waals surface area contributed by atoms with Crippen molar-refractivity contribution >= 4 is 17.5 Å². The van der Waals surface area contributed by atoms with Gasteiger partial charge in [-0.05, 0) is 41.0 Å². The average molecular weight is 339 g/mol. The largest absolute Gasteiger partial charge is 0.296 e. The van der Waals surface area contributed by atoms with Crippen LogP contribution in [0.4, 0.5) is 0 Å². The number of carbonyl (C=O) groups excluding carboxylic acids is 1. The number of nitrogens with zero attached hydrogens (tertiary/aromatic N) is 2. The van der Waals surface area contributed by atoms with Crippen molar-refractivity contribution < 1.29 is 10.0 Å². The van der Waals surface area contributed by atoms with Crippen LogP contribution in [0.1, 0.15) is 16.1 Å². The number of halogens is 1. The Kier molecular flexibility index (Phi) is 4.89. The Morgan fingerprint density at radius 1 is 1.00 bits per heavy atom. The minimum absolute atomic E-state index is 0.104. The summed E-state index contributed by atoms with van der Waals surface area (Å²) in [6.07, 6.45) is 1.55. The van der Waals surface area contributed by atoms with Gasteiger partial charge in [-0.3, -0.25) is 15.0 Å². The molecule has 0 radical (unpaired) electrons. The lowest BCUT2D eigenvalue weighted by molar-refractivity contribution is -0.0652. The van der Waals surface area contributed by atoms with E-state index in [1.165, 1.54) is 0 Å². The van der Waals surface area contributed by atoms with Gasteiger partial charge >= 0.3 is 0 Å². The van der Waals surface area contributed by atoms with Crippen LogP contribution in [0, 0.1) is 0 Å². The highest BCUT2D eigenvalue weighted by Crippen LogP contribution is 2.22. The molecule has 1 N–H and O–H groups in total. The molecule has 1 aromatic heterocycles. The molecule has 3 rings (SSSR count). The van der Waals surface area contributed by atoms with Crippen molar-refractivity contribution in [1.82, 2.24) is 10.0 Å². The fourth-order valence-electron chi connectivity index (χ4n) is 2.33. The number of rotatable bonds is 4. The molecule has 0 aliphatic carbocycles. The SMILES string of the molecule is O=C(c1cc(-c2ccc(Cl)cc2)ccn1)N(O)Cc1ccccc1. The number of hydrogen-bond acceptors (Lipinski definition) is 3. The Labute approximate surface area is 144 Å². The van der Waals surface area contributed by atoms with Crippen LogP contribution < -0.4 is 0 Å². The molecule has 2 aromatic carbocycles. The van der Waals surface area contributed by atoms with Gasteiger partial charge in [0.15, 0.2) is 0 Å². The quantitative estimate of drug-likeness (QED) is 0.565. The standard InChI is InChI=1S/C19H15ClN2O2/c20-17-8-6-15(7-9-17)16-10-11-21-18(12-16)19(23)22(24)13-14-4-2-1-3-5-14/h1-12,24H,13H2. The molecule has 1 amide bonds. The molecule has 3 aromatic rings. The van der Waals surface area contributed by atoms with E-state index in [2.05, 4.69) is 4.98 Å². The molecule has 120 valence electrons. The second kappa shape index (κ2) is 7.25. The first kappa shape index (κ1) is 16.2. The summed E-state index contributed by atoms with van der Waals surface area (Å²) in [5, 5.41) is 11.4. The number of benzene rings is 2. The average Bonchev–Trinajstić information content (AvgIpc) is 2.62. The molecule has 5 heteroatoms. The summed E-state index contributed by atoms with van der Waals surface area (Å²) in [6.45, 7) is 0.104.